The van der Waals surface area contributed by atoms with Gasteiger partial charge in [-0.05, 0) is 55.7 Å². The summed E-state index contributed by atoms with van der Waals surface area (Å²) in [6.07, 6.45) is 2.99. The molecule has 1 aromatic heterocycles. The molecule has 0 aliphatic heterocycles. The van der Waals surface area contributed by atoms with Crippen LogP contribution in [0.5, 0.6) is 5.75 Å². The fraction of sp³-hybridized carbons (Fsp3) is 0.222. The normalized spacial score (nSPS) is 10.7. The van der Waals surface area contributed by atoms with Crippen LogP contribution < -0.4 is 4.74 Å². The van der Waals surface area contributed by atoms with Gasteiger partial charge in [-0.15, -0.1) is 0 Å². The Morgan fingerprint density at radius 2 is 1.79 bits per heavy atom. The molecule has 3 aromatic carbocycles. The van der Waals surface area contributed by atoms with E-state index in [1.807, 2.05) is 72.8 Å². The van der Waals surface area contributed by atoms with Crippen molar-refractivity contribution in [1.29, 1.82) is 5.26 Å². The van der Waals surface area contributed by atoms with Crippen molar-refractivity contribution >= 4 is 17.0 Å². The van der Waals surface area contributed by atoms with Crippen molar-refractivity contribution < 1.29 is 14.3 Å². The minimum Gasteiger partial charge on any atom is -0.494 e. The molecule has 0 unspecified atom stereocenters. The van der Waals surface area contributed by atoms with E-state index in [1.54, 1.807) is 0 Å². The highest BCUT2D eigenvalue weighted by Crippen LogP contribution is 2.31. The first-order valence-electron chi connectivity index (χ1n) is 11.0. The smallest absolute Gasteiger partial charge is 0.305 e. The van der Waals surface area contributed by atoms with Gasteiger partial charge in [0.25, 0.3) is 0 Å². The highest BCUT2D eigenvalue weighted by Gasteiger charge is 2.15. The van der Waals surface area contributed by atoms with E-state index in [2.05, 4.69) is 15.4 Å². The van der Waals surface area contributed by atoms with Crippen LogP contribution in [0.3, 0.4) is 0 Å². The summed E-state index contributed by atoms with van der Waals surface area (Å²) in [5.41, 5.74) is 4.34. The second-order valence-corrected chi connectivity index (χ2v) is 7.68. The molecule has 0 bridgehead atoms. The molecular formula is C27H25N3O3. The first-order chi connectivity index (χ1) is 16.2. The molecule has 4 rings (SSSR count). The Morgan fingerprint density at radius 3 is 2.52 bits per heavy atom. The topological polar surface area (TPSA) is 77.1 Å². The number of imidazole rings is 1. The second-order valence-electron chi connectivity index (χ2n) is 7.68. The van der Waals surface area contributed by atoms with Crippen molar-refractivity contribution in [3.63, 3.8) is 0 Å². The van der Waals surface area contributed by atoms with E-state index in [0.29, 0.717) is 18.6 Å². The molecule has 0 N–H and O–H groups in total. The molecule has 0 radical (unpaired) electrons. The maximum atomic E-state index is 11.2. The summed E-state index contributed by atoms with van der Waals surface area (Å²) in [7, 11) is 1.41. The van der Waals surface area contributed by atoms with E-state index in [-0.39, 0.29) is 5.97 Å². The molecule has 6 nitrogen and oxygen atoms in total. The SMILES string of the molecule is COC(=O)CCCCCOc1ccc2nc(-c3ccccc3)n(-c3ccc(C#N)cc3)c2c1. The summed E-state index contributed by atoms with van der Waals surface area (Å²) in [6.45, 7) is 0.573. The lowest BCUT2D eigenvalue weighted by molar-refractivity contribution is -0.140. The molecule has 0 aliphatic rings. The van der Waals surface area contributed by atoms with Crippen LogP contribution in [0, 0.1) is 11.3 Å². The lowest BCUT2D eigenvalue weighted by Crippen LogP contribution is -2.01. The van der Waals surface area contributed by atoms with Gasteiger partial charge in [0.15, 0.2) is 0 Å². The lowest BCUT2D eigenvalue weighted by atomic mass is 10.2. The molecule has 0 amide bonds. The highest BCUT2D eigenvalue weighted by atomic mass is 16.5. The molecule has 4 aromatic rings. The number of methoxy groups -OCH3 is 1. The Labute approximate surface area is 193 Å². The number of carbonyl (C=O) groups excluding carboxylic acids is 1. The zero-order valence-electron chi connectivity index (χ0n) is 18.5. The average molecular weight is 440 g/mol. The van der Waals surface area contributed by atoms with Crippen LogP contribution in [0.4, 0.5) is 0 Å². The van der Waals surface area contributed by atoms with Crippen LogP contribution in [-0.4, -0.2) is 29.2 Å². The van der Waals surface area contributed by atoms with Gasteiger partial charge in [0.1, 0.15) is 11.6 Å². The molecule has 1 heterocycles. The third-order valence-corrected chi connectivity index (χ3v) is 5.43. The van der Waals surface area contributed by atoms with Crippen molar-refractivity contribution in [2.75, 3.05) is 13.7 Å². The summed E-state index contributed by atoms with van der Waals surface area (Å²) in [5, 5.41) is 9.17. The van der Waals surface area contributed by atoms with Crippen molar-refractivity contribution in [3.8, 4) is 28.9 Å². The number of esters is 1. The molecule has 0 saturated carbocycles. The minimum absolute atomic E-state index is 0.174. The number of hydrogen-bond donors (Lipinski definition) is 0. The van der Waals surface area contributed by atoms with E-state index in [4.69, 9.17) is 15.0 Å². The second kappa shape index (κ2) is 10.5. The third-order valence-electron chi connectivity index (χ3n) is 5.43. The Bertz CT molecular complexity index is 1270. The van der Waals surface area contributed by atoms with E-state index in [1.165, 1.54) is 7.11 Å². The van der Waals surface area contributed by atoms with E-state index >= 15 is 0 Å². The van der Waals surface area contributed by atoms with Gasteiger partial charge in [-0.25, -0.2) is 4.98 Å². The molecule has 0 aliphatic carbocycles. The zero-order valence-corrected chi connectivity index (χ0v) is 18.5. The number of aromatic nitrogens is 2. The standard InChI is InChI=1S/C27H25N3O3/c1-32-26(31)10-6-3-7-17-33-23-15-16-24-25(18-23)30(22-13-11-20(19-28)12-14-22)27(29-24)21-8-4-2-5-9-21/h2,4-5,8-9,11-16,18H,3,6-7,10,17H2,1H3. The summed E-state index contributed by atoms with van der Waals surface area (Å²) >= 11 is 0. The number of benzene rings is 3. The number of ether oxygens (including phenoxy) is 2. The first kappa shape index (κ1) is 22.1. The molecular weight excluding hydrogens is 414 g/mol. The summed E-state index contributed by atoms with van der Waals surface area (Å²) in [5.74, 6) is 1.42. The molecule has 0 spiro atoms. The first-order valence-corrected chi connectivity index (χ1v) is 11.0. The van der Waals surface area contributed by atoms with Gasteiger partial charge in [0.2, 0.25) is 0 Å². The Morgan fingerprint density at radius 1 is 1.00 bits per heavy atom. The zero-order chi connectivity index (χ0) is 23.0. The number of unbranched alkanes of at least 4 members (excludes halogenated alkanes) is 2. The lowest BCUT2D eigenvalue weighted by Gasteiger charge is -2.11. The van der Waals surface area contributed by atoms with Gasteiger partial charge in [-0.3, -0.25) is 9.36 Å². The minimum atomic E-state index is -0.174. The van der Waals surface area contributed by atoms with E-state index < -0.39 is 0 Å². The van der Waals surface area contributed by atoms with E-state index in [9.17, 15) is 4.79 Å². The number of fused-ring (bicyclic) bond motifs is 1. The molecule has 0 fully saturated rings. The predicted octanol–water partition coefficient (Wildman–Crippen LogP) is 5.68. The van der Waals surface area contributed by atoms with Crippen LogP contribution >= 0.6 is 0 Å². The number of nitrogens with zero attached hydrogens (tertiary/aromatic N) is 3. The third kappa shape index (κ3) is 5.21. The number of nitriles is 1. The molecule has 0 saturated heterocycles. The predicted molar refractivity (Wildman–Crippen MR) is 127 cm³/mol. The average Bonchev–Trinajstić information content (AvgIpc) is 3.25. The van der Waals surface area contributed by atoms with Crippen LogP contribution in [0.2, 0.25) is 0 Å². The van der Waals surface area contributed by atoms with E-state index in [0.717, 1.165) is 53.1 Å². The summed E-state index contributed by atoms with van der Waals surface area (Å²) in [4.78, 5) is 16.1. The van der Waals surface area contributed by atoms with Crippen molar-refractivity contribution in [1.82, 2.24) is 9.55 Å². The van der Waals surface area contributed by atoms with Gasteiger partial charge < -0.3 is 9.47 Å². The Balaban J connectivity index is 1.60. The highest BCUT2D eigenvalue weighted by molar-refractivity contribution is 5.84. The Kier molecular flexibility index (Phi) is 7.01. The Hall–Kier alpha value is -4.11. The van der Waals surface area contributed by atoms with Gasteiger partial charge in [-0.1, -0.05) is 30.3 Å². The quantitative estimate of drug-likeness (QED) is 0.248. The molecule has 33 heavy (non-hydrogen) atoms. The number of carbonyl (C=O) groups is 1. The maximum absolute atomic E-state index is 11.2. The van der Waals surface area contributed by atoms with Crippen LogP contribution in [0.25, 0.3) is 28.1 Å². The number of rotatable bonds is 9. The van der Waals surface area contributed by atoms with Crippen LogP contribution in [0.15, 0.2) is 72.8 Å². The van der Waals surface area contributed by atoms with Crippen molar-refractivity contribution in [2.45, 2.75) is 25.7 Å². The monoisotopic (exact) mass is 439 g/mol. The fourth-order valence-electron chi connectivity index (χ4n) is 3.71. The molecule has 0 atom stereocenters. The van der Waals surface area contributed by atoms with Crippen molar-refractivity contribution in [3.05, 3.63) is 78.4 Å². The fourth-order valence-corrected chi connectivity index (χ4v) is 3.71. The molecule has 6 heteroatoms. The number of hydrogen-bond acceptors (Lipinski definition) is 5. The summed E-state index contributed by atoms with van der Waals surface area (Å²) in [6, 6.07) is 25.6. The van der Waals surface area contributed by atoms with Gasteiger partial charge in [0.05, 0.1) is 36.4 Å². The summed E-state index contributed by atoms with van der Waals surface area (Å²) < 4.78 is 12.7. The largest absolute Gasteiger partial charge is 0.494 e. The van der Waals surface area contributed by atoms with Crippen molar-refractivity contribution in [2.24, 2.45) is 0 Å². The maximum Gasteiger partial charge on any atom is 0.305 e. The van der Waals surface area contributed by atoms with Crippen LogP contribution in [0.1, 0.15) is 31.2 Å². The van der Waals surface area contributed by atoms with Crippen LogP contribution in [-0.2, 0) is 9.53 Å². The van der Waals surface area contributed by atoms with Gasteiger partial charge in [0, 0.05) is 23.7 Å². The molecule has 166 valence electrons. The van der Waals surface area contributed by atoms with Gasteiger partial charge in [-0.2, -0.15) is 5.26 Å². The van der Waals surface area contributed by atoms with Gasteiger partial charge >= 0.3 is 5.97 Å².